The molecule has 0 bridgehead atoms. The minimum absolute atomic E-state index is 0.0325. The first kappa shape index (κ1) is 17.1. The summed E-state index contributed by atoms with van der Waals surface area (Å²) < 4.78 is 40.1. The van der Waals surface area contributed by atoms with Crippen LogP contribution in [0.1, 0.15) is 31.9 Å². The normalized spacial score (nSPS) is 16.6. The van der Waals surface area contributed by atoms with Gasteiger partial charge in [-0.15, -0.1) is 13.2 Å². The van der Waals surface area contributed by atoms with Crippen LogP contribution < -0.4 is 10.5 Å². The molecule has 0 amide bonds. The van der Waals surface area contributed by atoms with Gasteiger partial charge in [0.2, 0.25) is 0 Å². The van der Waals surface area contributed by atoms with Crippen molar-refractivity contribution in [3.8, 4) is 5.75 Å². The molecule has 20 heavy (non-hydrogen) atoms. The largest absolute Gasteiger partial charge is 0.573 e. The SMILES string of the molecule is CCC(C)[C@@H](O)[C@@H](N)c1ccc(OC(F)(F)F)c(Cl)c1. The molecule has 7 heteroatoms. The maximum Gasteiger partial charge on any atom is 0.573 e. The number of ether oxygens (including phenoxy) is 1. The topological polar surface area (TPSA) is 55.5 Å². The van der Waals surface area contributed by atoms with Gasteiger partial charge in [-0.3, -0.25) is 0 Å². The molecule has 0 aliphatic heterocycles. The molecule has 0 fully saturated rings. The molecule has 114 valence electrons. The van der Waals surface area contributed by atoms with Crippen LogP contribution in [0.2, 0.25) is 5.02 Å². The fourth-order valence-electron chi connectivity index (χ4n) is 1.72. The molecule has 0 heterocycles. The molecule has 0 aliphatic carbocycles. The van der Waals surface area contributed by atoms with E-state index in [0.29, 0.717) is 5.56 Å². The third kappa shape index (κ3) is 4.54. The van der Waals surface area contributed by atoms with Crippen LogP contribution in [0.4, 0.5) is 13.2 Å². The van der Waals surface area contributed by atoms with Gasteiger partial charge in [0, 0.05) is 0 Å². The first-order valence-corrected chi connectivity index (χ1v) is 6.52. The molecule has 0 spiro atoms. The van der Waals surface area contributed by atoms with Crippen LogP contribution in [-0.4, -0.2) is 17.6 Å². The molecular weight excluding hydrogens is 295 g/mol. The maximum absolute atomic E-state index is 12.1. The monoisotopic (exact) mass is 311 g/mol. The Morgan fingerprint density at radius 2 is 2.00 bits per heavy atom. The molecule has 0 aliphatic rings. The van der Waals surface area contributed by atoms with Crippen molar-refractivity contribution in [1.29, 1.82) is 0 Å². The van der Waals surface area contributed by atoms with E-state index < -0.39 is 24.3 Å². The summed E-state index contributed by atoms with van der Waals surface area (Å²) in [5, 5.41) is 9.80. The summed E-state index contributed by atoms with van der Waals surface area (Å²) in [5.41, 5.74) is 6.35. The third-order valence-corrected chi connectivity index (χ3v) is 3.46. The molecule has 3 N–H and O–H groups in total. The van der Waals surface area contributed by atoms with Crippen LogP contribution in [0.15, 0.2) is 18.2 Å². The highest BCUT2D eigenvalue weighted by Gasteiger charge is 2.32. The quantitative estimate of drug-likeness (QED) is 0.873. The second-order valence-corrected chi connectivity index (χ2v) is 5.05. The lowest BCUT2D eigenvalue weighted by molar-refractivity contribution is -0.274. The summed E-state index contributed by atoms with van der Waals surface area (Å²) >= 11 is 5.74. The number of hydrogen-bond donors (Lipinski definition) is 2. The van der Waals surface area contributed by atoms with Crippen molar-refractivity contribution >= 4 is 11.6 Å². The molecule has 1 unspecified atom stereocenters. The minimum atomic E-state index is -4.80. The Bertz CT molecular complexity index is 454. The Balaban J connectivity index is 2.92. The first-order chi connectivity index (χ1) is 9.15. The van der Waals surface area contributed by atoms with Crippen molar-refractivity contribution < 1.29 is 23.0 Å². The Morgan fingerprint density at radius 3 is 2.45 bits per heavy atom. The molecule has 0 saturated heterocycles. The van der Waals surface area contributed by atoms with Gasteiger partial charge < -0.3 is 15.6 Å². The number of aliphatic hydroxyl groups excluding tert-OH is 1. The molecule has 1 aromatic rings. The number of hydrogen-bond acceptors (Lipinski definition) is 3. The summed E-state index contributed by atoms with van der Waals surface area (Å²) in [6, 6.07) is 3.01. The van der Waals surface area contributed by atoms with Gasteiger partial charge in [-0.1, -0.05) is 37.9 Å². The molecular formula is C13H17ClF3NO2. The van der Waals surface area contributed by atoms with E-state index in [-0.39, 0.29) is 10.9 Å². The van der Waals surface area contributed by atoms with E-state index in [9.17, 15) is 18.3 Å². The van der Waals surface area contributed by atoms with E-state index in [1.165, 1.54) is 12.1 Å². The molecule has 0 saturated carbocycles. The zero-order valence-electron chi connectivity index (χ0n) is 11.1. The van der Waals surface area contributed by atoms with E-state index in [1.807, 2.05) is 13.8 Å². The van der Waals surface area contributed by atoms with Gasteiger partial charge >= 0.3 is 6.36 Å². The van der Waals surface area contributed by atoms with E-state index in [2.05, 4.69) is 4.74 Å². The second-order valence-electron chi connectivity index (χ2n) is 4.64. The summed E-state index contributed by atoms with van der Waals surface area (Å²) in [7, 11) is 0. The first-order valence-electron chi connectivity index (χ1n) is 6.14. The smallest absolute Gasteiger partial charge is 0.404 e. The maximum atomic E-state index is 12.1. The van der Waals surface area contributed by atoms with E-state index in [4.69, 9.17) is 17.3 Å². The van der Waals surface area contributed by atoms with Gasteiger partial charge in [-0.05, 0) is 23.6 Å². The van der Waals surface area contributed by atoms with Gasteiger partial charge in [0.1, 0.15) is 5.75 Å². The molecule has 3 atom stereocenters. The number of aliphatic hydroxyl groups is 1. The van der Waals surface area contributed by atoms with Crippen LogP contribution in [0.5, 0.6) is 5.75 Å². The van der Waals surface area contributed by atoms with Crippen molar-refractivity contribution in [2.45, 2.75) is 38.8 Å². The lowest BCUT2D eigenvalue weighted by atomic mass is 9.91. The van der Waals surface area contributed by atoms with Gasteiger partial charge in [0.15, 0.2) is 0 Å². The van der Waals surface area contributed by atoms with Crippen molar-refractivity contribution in [3.05, 3.63) is 28.8 Å². The van der Waals surface area contributed by atoms with E-state index >= 15 is 0 Å². The Hall–Kier alpha value is -0.980. The molecule has 0 radical (unpaired) electrons. The van der Waals surface area contributed by atoms with Crippen LogP contribution in [0, 0.1) is 5.92 Å². The van der Waals surface area contributed by atoms with Gasteiger partial charge in [-0.2, -0.15) is 0 Å². The van der Waals surface area contributed by atoms with Crippen molar-refractivity contribution in [2.75, 3.05) is 0 Å². The average Bonchev–Trinajstić information content (AvgIpc) is 2.37. The fraction of sp³-hybridized carbons (Fsp3) is 0.538. The summed E-state index contributed by atoms with van der Waals surface area (Å²) in [6.45, 7) is 3.75. The summed E-state index contributed by atoms with van der Waals surface area (Å²) in [5.74, 6) is -0.525. The van der Waals surface area contributed by atoms with Crippen LogP contribution >= 0.6 is 11.6 Å². The summed E-state index contributed by atoms with van der Waals surface area (Å²) in [4.78, 5) is 0. The zero-order valence-corrected chi connectivity index (χ0v) is 11.9. The Kier molecular flexibility index (Phi) is 5.68. The molecule has 0 aromatic heterocycles. The van der Waals surface area contributed by atoms with Crippen LogP contribution in [0.25, 0.3) is 0 Å². The number of nitrogens with two attached hydrogens (primary N) is 1. The van der Waals surface area contributed by atoms with Crippen molar-refractivity contribution in [1.82, 2.24) is 0 Å². The number of benzene rings is 1. The predicted octanol–water partition coefficient (Wildman–Crippen LogP) is 3.65. The highest BCUT2D eigenvalue weighted by atomic mass is 35.5. The number of halogens is 4. The highest BCUT2D eigenvalue weighted by Crippen LogP contribution is 2.33. The van der Waals surface area contributed by atoms with Crippen LogP contribution in [0.3, 0.4) is 0 Å². The molecule has 1 aromatic carbocycles. The Labute approximate surface area is 120 Å². The minimum Gasteiger partial charge on any atom is -0.404 e. The second kappa shape index (κ2) is 6.65. The average molecular weight is 312 g/mol. The fourth-order valence-corrected chi connectivity index (χ4v) is 1.95. The zero-order chi connectivity index (χ0) is 15.5. The predicted molar refractivity (Wildman–Crippen MR) is 70.5 cm³/mol. The lowest BCUT2D eigenvalue weighted by Gasteiger charge is -2.24. The van der Waals surface area contributed by atoms with Gasteiger partial charge in [-0.25, -0.2) is 0 Å². The molecule has 3 nitrogen and oxygen atoms in total. The van der Waals surface area contributed by atoms with Crippen molar-refractivity contribution in [2.24, 2.45) is 11.7 Å². The Morgan fingerprint density at radius 1 is 1.40 bits per heavy atom. The number of rotatable bonds is 5. The van der Waals surface area contributed by atoms with E-state index in [1.54, 1.807) is 0 Å². The summed E-state index contributed by atoms with van der Waals surface area (Å²) in [6.07, 6.45) is -4.87. The standard InChI is InChI=1S/C13H17ClF3NO2/c1-3-7(2)12(19)11(18)8-4-5-10(9(14)6-8)20-13(15,16)17/h4-7,11-12,19H,3,18H2,1-2H3/t7?,11-,12+/m0/s1. The number of alkyl halides is 3. The van der Waals surface area contributed by atoms with E-state index in [0.717, 1.165) is 12.5 Å². The van der Waals surface area contributed by atoms with Gasteiger partial charge in [0.25, 0.3) is 0 Å². The van der Waals surface area contributed by atoms with Crippen LogP contribution in [-0.2, 0) is 0 Å². The van der Waals surface area contributed by atoms with Crippen molar-refractivity contribution in [3.63, 3.8) is 0 Å². The third-order valence-electron chi connectivity index (χ3n) is 3.16. The highest BCUT2D eigenvalue weighted by molar-refractivity contribution is 6.32. The lowest BCUT2D eigenvalue weighted by Crippen LogP contribution is -2.31. The van der Waals surface area contributed by atoms with Gasteiger partial charge in [0.05, 0.1) is 17.2 Å². The molecule has 1 rings (SSSR count).